The maximum absolute atomic E-state index is 11.9. The molecule has 0 radical (unpaired) electrons. The predicted octanol–water partition coefficient (Wildman–Crippen LogP) is 4.51. The zero-order chi connectivity index (χ0) is 15.5. The van der Waals surface area contributed by atoms with Gasteiger partial charge in [-0.1, -0.05) is 38.1 Å². The summed E-state index contributed by atoms with van der Waals surface area (Å²) in [6, 6.07) is 16.2. The van der Waals surface area contributed by atoms with Crippen LogP contribution in [0.4, 0.5) is 0 Å². The standard InChI is InChI=1S/C18H19NO2S/c1-13(2)14-7-9-15(10-8-14)22-12-11-19-16-5-3-4-6-17(16)21-18(19)20/h3-10,13H,11-12H2,1-2H3. The van der Waals surface area contributed by atoms with Crippen LogP contribution < -0.4 is 5.76 Å². The first-order valence-electron chi connectivity index (χ1n) is 7.46. The van der Waals surface area contributed by atoms with Gasteiger partial charge in [0.15, 0.2) is 5.58 Å². The molecule has 0 N–H and O–H groups in total. The van der Waals surface area contributed by atoms with Gasteiger partial charge >= 0.3 is 5.76 Å². The van der Waals surface area contributed by atoms with E-state index >= 15 is 0 Å². The summed E-state index contributed by atoms with van der Waals surface area (Å²) in [5, 5.41) is 0. The van der Waals surface area contributed by atoms with E-state index < -0.39 is 0 Å². The Hall–Kier alpha value is -1.94. The van der Waals surface area contributed by atoms with Crippen molar-refractivity contribution in [3.63, 3.8) is 0 Å². The first kappa shape index (κ1) is 15.0. The van der Waals surface area contributed by atoms with Crippen molar-refractivity contribution in [3.05, 3.63) is 64.6 Å². The average molecular weight is 313 g/mol. The molecule has 0 unspecified atom stereocenters. The summed E-state index contributed by atoms with van der Waals surface area (Å²) < 4.78 is 6.94. The second-order valence-electron chi connectivity index (χ2n) is 5.56. The number of benzene rings is 2. The van der Waals surface area contributed by atoms with Crippen LogP contribution in [0, 0.1) is 0 Å². The molecule has 0 bridgehead atoms. The van der Waals surface area contributed by atoms with Crippen LogP contribution in [0.25, 0.3) is 11.1 Å². The lowest BCUT2D eigenvalue weighted by molar-refractivity contribution is 0.514. The molecule has 0 atom stereocenters. The molecule has 1 heterocycles. The fourth-order valence-electron chi connectivity index (χ4n) is 2.43. The number of hydrogen-bond donors (Lipinski definition) is 0. The Kier molecular flexibility index (Phi) is 4.39. The van der Waals surface area contributed by atoms with E-state index in [1.165, 1.54) is 10.5 Å². The molecule has 114 valence electrons. The van der Waals surface area contributed by atoms with E-state index in [0.29, 0.717) is 18.0 Å². The minimum atomic E-state index is -0.281. The number of aryl methyl sites for hydroxylation is 1. The molecule has 22 heavy (non-hydrogen) atoms. The van der Waals surface area contributed by atoms with Crippen molar-refractivity contribution in [2.24, 2.45) is 0 Å². The Balaban J connectivity index is 1.67. The van der Waals surface area contributed by atoms with Gasteiger partial charge in [0, 0.05) is 17.2 Å². The highest BCUT2D eigenvalue weighted by Crippen LogP contribution is 2.22. The smallest absolute Gasteiger partial charge is 0.408 e. The van der Waals surface area contributed by atoms with Gasteiger partial charge in [-0.05, 0) is 35.7 Å². The van der Waals surface area contributed by atoms with Gasteiger partial charge in [0.1, 0.15) is 0 Å². The van der Waals surface area contributed by atoms with Crippen molar-refractivity contribution in [3.8, 4) is 0 Å². The molecule has 3 rings (SSSR count). The largest absolute Gasteiger partial charge is 0.419 e. The van der Waals surface area contributed by atoms with Crippen LogP contribution in [0.15, 0.2) is 62.6 Å². The summed E-state index contributed by atoms with van der Waals surface area (Å²) in [6.07, 6.45) is 0. The molecular weight excluding hydrogens is 294 g/mol. The third kappa shape index (κ3) is 3.12. The van der Waals surface area contributed by atoms with Crippen LogP contribution in [0.3, 0.4) is 0 Å². The number of fused-ring (bicyclic) bond motifs is 1. The zero-order valence-corrected chi connectivity index (χ0v) is 13.6. The highest BCUT2D eigenvalue weighted by molar-refractivity contribution is 7.99. The minimum absolute atomic E-state index is 0.281. The molecule has 4 heteroatoms. The highest BCUT2D eigenvalue weighted by atomic mass is 32.2. The van der Waals surface area contributed by atoms with E-state index in [9.17, 15) is 4.79 Å². The van der Waals surface area contributed by atoms with Crippen LogP contribution in [0.5, 0.6) is 0 Å². The summed E-state index contributed by atoms with van der Waals surface area (Å²) in [6.45, 7) is 5.03. The number of thioether (sulfide) groups is 1. The quantitative estimate of drug-likeness (QED) is 0.650. The predicted molar refractivity (Wildman–Crippen MR) is 91.7 cm³/mol. The molecule has 3 aromatic rings. The first-order valence-corrected chi connectivity index (χ1v) is 8.45. The molecule has 2 aromatic carbocycles. The Morgan fingerprint density at radius 1 is 1.09 bits per heavy atom. The Morgan fingerprint density at radius 3 is 2.55 bits per heavy atom. The minimum Gasteiger partial charge on any atom is -0.408 e. The SMILES string of the molecule is CC(C)c1ccc(SCCn2c(=O)oc3ccccc32)cc1. The van der Waals surface area contributed by atoms with Crippen LogP contribution in [0.1, 0.15) is 25.3 Å². The zero-order valence-electron chi connectivity index (χ0n) is 12.8. The van der Waals surface area contributed by atoms with Crippen molar-refractivity contribution in [2.45, 2.75) is 31.2 Å². The van der Waals surface area contributed by atoms with Gasteiger partial charge in [-0.2, -0.15) is 0 Å². The third-order valence-corrected chi connectivity index (χ3v) is 4.70. The number of nitrogens with zero attached hydrogens (tertiary/aromatic N) is 1. The number of para-hydroxylation sites is 2. The van der Waals surface area contributed by atoms with Crippen LogP contribution in [-0.4, -0.2) is 10.3 Å². The number of oxazole rings is 1. The molecule has 0 fully saturated rings. The molecular formula is C18H19NO2S. The molecule has 0 spiro atoms. The second kappa shape index (κ2) is 6.44. The topological polar surface area (TPSA) is 35.1 Å². The van der Waals surface area contributed by atoms with Crippen molar-refractivity contribution in [1.29, 1.82) is 0 Å². The van der Waals surface area contributed by atoms with Crippen LogP contribution in [0.2, 0.25) is 0 Å². The normalized spacial score (nSPS) is 11.4. The van der Waals surface area contributed by atoms with E-state index in [1.807, 2.05) is 24.3 Å². The van der Waals surface area contributed by atoms with Crippen molar-refractivity contribution >= 4 is 22.9 Å². The van der Waals surface area contributed by atoms with Gasteiger partial charge in [-0.3, -0.25) is 4.57 Å². The van der Waals surface area contributed by atoms with E-state index in [0.717, 1.165) is 11.3 Å². The fourth-order valence-corrected chi connectivity index (χ4v) is 3.27. The number of aromatic nitrogens is 1. The lowest BCUT2D eigenvalue weighted by Crippen LogP contribution is -2.15. The summed E-state index contributed by atoms with van der Waals surface area (Å²) in [5.41, 5.74) is 2.86. The van der Waals surface area contributed by atoms with Gasteiger partial charge in [0.25, 0.3) is 0 Å². The summed E-state index contributed by atoms with van der Waals surface area (Å²) in [5.74, 6) is 1.11. The van der Waals surface area contributed by atoms with Crippen molar-refractivity contribution in [2.75, 3.05) is 5.75 Å². The Bertz CT molecular complexity index is 815. The van der Waals surface area contributed by atoms with E-state index in [4.69, 9.17) is 4.42 Å². The summed E-state index contributed by atoms with van der Waals surface area (Å²) in [7, 11) is 0. The Labute approximate surface area is 134 Å². The molecule has 0 saturated heterocycles. The molecule has 1 aromatic heterocycles. The van der Waals surface area contributed by atoms with E-state index in [-0.39, 0.29) is 5.76 Å². The van der Waals surface area contributed by atoms with Gasteiger partial charge < -0.3 is 4.42 Å². The lowest BCUT2D eigenvalue weighted by atomic mass is 10.0. The summed E-state index contributed by atoms with van der Waals surface area (Å²) >= 11 is 1.75. The van der Waals surface area contributed by atoms with E-state index in [2.05, 4.69) is 38.1 Å². The number of rotatable bonds is 5. The molecule has 0 saturated carbocycles. The molecule has 0 aliphatic heterocycles. The van der Waals surface area contributed by atoms with Gasteiger partial charge in [-0.15, -0.1) is 11.8 Å². The monoisotopic (exact) mass is 313 g/mol. The third-order valence-electron chi connectivity index (χ3n) is 3.70. The van der Waals surface area contributed by atoms with Gasteiger partial charge in [0.2, 0.25) is 0 Å². The molecule has 0 aliphatic rings. The van der Waals surface area contributed by atoms with Gasteiger partial charge in [0.05, 0.1) is 5.52 Å². The number of hydrogen-bond acceptors (Lipinski definition) is 3. The fraction of sp³-hybridized carbons (Fsp3) is 0.278. The lowest BCUT2D eigenvalue weighted by Gasteiger charge is -2.07. The van der Waals surface area contributed by atoms with Crippen LogP contribution >= 0.6 is 11.8 Å². The molecule has 0 amide bonds. The molecule has 0 aliphatic carbocycles. The average Bonchev–Trinajstić information content (AvgIpc) is 2.84. The maximum atomic E-state index is 11.9. The van der Waals surface area contributed by atoms with E-state index in [1.54, 1.807) is 16.3 Å². The highest BCUT2D eigenvalue weighted by Gasteiger charge is 2.08. The maximum Gasteiger partial charge on any atom is 0.419 e. The first-order chi connectivity index (χ1) is 10.6. The summed E-state index contributed by atoms with van der Waals surface area (Å²) in [4.78, 5) is 13.1. The van der Waals surface area contributed by atoms with Crippen molar-refractivity contribution in [1.82, 2.24) is 4.57 Å². The van der Waals surface area contributed by atoms with Crippen molar-refractivity contribution < 1.29 is 4.42 Å². The van der Waals surface area contributed by atoms with Crippen LogP contribution in [-0.2, 0) is 6.54 Å². The second-order valence-corrected chi connectivity index (χ2v) is 6.73. The van der Waals surface area contributed by atoms with Gasteiger partial charge in [-0.25, -0.2) is 4.79 Å². The molecule has 3 nitrogen and oxygen atoms in total. The Morgan fingerprint density at radius 2 is 1.82 bits per heavy atom.